The Morgan fingerprint density at radius 1 is 0.878 bits per heavy atom. The van der Waals surface area contributed by atoms with Gasteiger partial charge in [0.2, 0.25) is 10.0 Å². The highest BCUT2D eigenvalue weighted by atomic mass is 35.5. The van der Waals surface area contributed by atoms with Crippen molar-refractivity contribution in [1.82, 2.24) is 14.2 Å². The van der Waals surface area contributed by atoms with Crippen molar-refractivity contribution in [3.05, 3.63) is 95.3 Å². The van der Waals surface area contributed by atoms with E-state index in [0.29, 0.717) is 30.2 Å². The summed E-state index contributed by atoms with van der Waals surface area (Å²) in [5, 5.41) is 9.83. The number of carboxylic acids is 1. The number of fused-ring (bicyclic) bond motifs is 1. The number of pyridine rings is 1. The molecule has 4 aromatic rings. The van der Waals surface area contributed by atoms with E-state index in [1.165, 1.54) is 4.31 Å². The number of alkyl halides is 1. The Bertz CT molecular complexity index is 1660. The second-order valence-corrected chi connectivity index (χ2v) is 11.8. The molecule has 5 rings (SSSR count). The fraction of sp³-hybridized carbons (Fsp3) is 0.207. The Hall–Kier alpha value is -3.54. The number of rotatable bonds is 6. The molecule has 2 heterocycles. The third-order valence-electron chi connectivity index (χ3n) is 6.54. The van der Waals surface area contributed by atoms with Crippen LogP contribution in [0, 0.1) is 0 Å². The summed E-state index contributed by atoms with van der Waals surface area (Å²) in [7, 11) is -3.68. The predicted molar refractivity (Wildman–Crippen MR) is 160 cm³/mol. The second kappa shape index (κ2) is 13.4. The number of nitrogens with two attached hydrogens (primary N) is 1. The SMILES string of the molecule is NCc1cc(-c2ccc(C(=O)N3CCN(S(=O)(=O)c4ccc5ccc(Cl)cc5c4)CC3)cc2)ccn1.O=C(O)CCl. The molecule has 9 nitrogen and oxygen atoms in total. The van der Waals surface area contributed by atoms with E-state index in [2.05, 4.69) is 4.98 Å². The summed E-state index contributed by atoms with van der Waals surface area (Å²) < 4.78 is 27.9. The van der Waals surface area contributed by atoms with Gasteiger partial charge in [0.05, 0.1) is 10.6 Å². The van der Waals surface area contributed by atoms with E-state index >= 15 is 0 Å². The van der Waals surface area contributed by atoms with Gasteiger partial charge in [0.1, 0.15) is 5.88 Å². The van der Waals surface area contributed by atoms with Gasteiger partial charge in [0.25, 0.3) is 5.91 Å². The Kier molecular flexibility index (Phi) is 9.95. The number of hydrogen-bond acceptors (Lipinski definition) is 6. The van der Waals surface area contributed by atoms with Gasteiger partial charge in [-0.2, -0.15) is 4.31 Å². The van der Waals surface area contributed by atoms with Crippen molar-refractivity contribution in [1.29, 1.82) is 0 Å². The van der Waals surface area contributed by atoms with Crippen molar-refractivity contribution in [2.75, 3.05) is 32.1 Å². The molecule has 0 saturated carbocycles. The minimum absolute atomic E-state index is 0.115. The number of benzene rings is 3. The lowest BCUT2D eigenvalue weighted by Gasteiger charge is -2.34. The highest BCUT2D eigenvalue weighted by Crippen LogP contribution is 2.26. The molecule has 1 amide bonds. The molecule has 1 saturated heterocycles. The molecule has 1 aliphatic heterocycles. The van der Waals surface area contributed by atoms with Gasteiger partial charge in [0, 0.05) is 49.5 Å². The fourth-order valence-corrected chi connectivity index (χ4v) is 6.03. The molecule has 0 radical (unpaired) electrons. The Balaban J connectivity index is 0.000000714. The molecular weight excluding hydrogens is 587 g/mol. The summed E-state index contributed by atoms with van der Waals surface area (Å²) in [6, 6.07) is 21.7. The molecule has 1 fully saturated rings. The minimum atomic E-state index is -3.68. The third-order valence-corrected chi connectivity index (χ3v) is 8.90. The van der Waals surface area contributed by atoms with Crippen molar-refractivity contribution in [3.63, 3.8) is 0 Å². The van der Waals surface area contributed by atoms with Crippen molar-refractivity contribution in [2.45, 2.75) is 11.4 Å². The first kappa shape index (κ1) is 30.4. The molecule has 0 spiro atoms. The lowest BCUT2D eigenvalue weighted by atomic mass is 10.0. The minimum Gasteiger partial charge on any atom is -0.480 e. The number of aliphatic carboxylic acids is 1. The van der Waals surface area contributed by atoms with Crippen LogP contribution < -0.4 is 5.73 Å². The highest BCUT2D eigenvalue weighted by molar-refractivity contribution is 7.89. The van der Waals surface area contributed by atoms with Crippen LogP contribution >= 0.6 is 23.2 Å². The van der Waals surface area contributed by atoms with Gasteiger partial charge >= 0.3 is 5.97 Å². The quantitative estimate of drug-likeness (QED) is 0.306. The number of carboxylic acid groups (broad SMARTS) is 1. The van der Waals surface area contributed by atoms with Crippen LogP contribution in [0.3, 0.4) is 0 Å². The van der Waals surface area contributed by atoms with E-state index in [-0.39, 0.29) is 29.8 Å². The normalized spacial score (nSPS) is 13.9. The molecule has 214 valence electrons. The molecule has 1 aromatic heterocycles. The lowest BCUT2D eigenvalue weighted by molar-refractivity contribution is -0.134. The average molecular weight is 616 g/mol. The van der Waals surface area contributed by atoms with Crippen LogP contribution in [0.15, 0.2) is 83.9 Å². The van der Waals surface area contributed by atoms with Crippen LogP contribution in [0.5, 0.6) is 0 Å². The summed E-state index contributed by atoms with van der Waals surface area (Å²) in [5.41, 5.74) is 9.00. The van der Waals surface area contributed by atoms with Crippen LogP contribution in [-0.4, -0.2) is 71.6 Å². The highest BCUT2D eigenvalue weighted by Gasteiger charge is 2.30. The molecule has 12 heteroatoms. The van der Waals surface area contributed by atoms with E-state index in [0.717, 1.165) is 27.6 Å². The van der Waals surface area contributed by atoms with E-state index in [4.69, 9.17) is 34.0 Å². The smallest absolute Gasteiger partial charge is 0.318 e. The monoisotopic (exact) mass is 614 g/mol. The lowest BCUT2D eigenvalue weighted by Crippen LogP contribution is -2.50. The predicted octanol–water partition coefficient (Wildman–Crippen LogP) is 4.47. The van der Waals surface area contributed by atoms with Crippen LogP contribution in [0.1, 0.15) is 16.1 Å². The first-order chi connectivity index (χ1) is 19.6. The van der Waals surface area contributed by atoms with Gasteiger partial charge in [-0.3, -0.25) is 14.6 Å². The second-order valence-electron chi connectivity index (χ2n) is 9.19. The molecule has 3 N–H and O–H groups in total. The molecular formula is C29H28Cl2N4O5S. The Morgan fingerprint density at radius 3 is 2.17 bits per heavy atom. The number of carbonyl (C=O) groups is 2. The number of nitrogens with zero attached hydrogens (tertiary/aromatic N) is 3. The summed E-state index contributed by atoms with van der Waals surface area (Å²) in [6.45, 7) is 1.48. The summed E-state index contributed by atoms with van der Waals surface area (Å²) in [4.78, 5) is 28.4. The number of carbonyl (C=O) groups excluding carboxylic acids is 1. The van der Waals surface area contributed by atoms with Gasteiger partial charge in [-0.15, -0.1) is 11.6 Å². The maximum atomic E-state index is 13.3. The number of sulfonamides is 1. The zero-order valence-corrected chi connectivity index (χ0v) is 24.2. The molecule has 41 heavy (non-hydrogen) atoms. The Morgan fingerprint density at radius 2 is 1.54 bits per heavy atom. The van der Waals surface area contributed by atoms with E-state index in [9.17, 15) is 18.0 Å². The molecule has 0 atom stereocenters. The molecule has 3 aromatic carbocycles. The van der Waals surface area contributed by atoms with Crippen LogP contribution in [0.2, 0.25) is 5.02 Å². The number of halogens is 2. The van der Waals surface area contributed by atoms with Gasteiger partial charge in [-0.25, -0.2) is 8.42 Å². The number of amides is 1. The molecule has 0 bridgehead atoms. The number of piperazine rings is 1. The van der Waals surface area contributed by atoms with Crippen molar-refractivity contribution in [3.8, 4) is 11.1 Å². The van der Waals surface area contributed by atoms with E-state index in [1.807, 2.05) is 30.3 Å². The van der Waals surface area contributed by atoms with E-state index in [1.54, 1.807) is 53.6 Å². The third kappa shape index (κ3) is 7.41. The first-order valence-corrected chi connectivity index (χ1v) is 15.0. The van der Waals surface area contributed by atoms with Crippen LogP contribution in [0.25, 0.3) is 21.9 Å². The average Bonchev–Trinajstić information content (AvgIpc) is 3.00. The van der Waals surface area contributed by atoms with Crippen molar-refractivity contribution in [2.24, 2.45) is 5.73 Å². The largest absolute Gasteiger partial charge is 0.480 e. The molecule has 1 aliphatic rings. The Labute approximate surface area is 248 Å². The summed E-state index contributed by atoms with van der Waals surface area (Å²) in [6.07, 6.45) is 1.72. The van der Waals surface area contributed by atoms with Crippen molar-refractivity contribution < 1.29 is 23.1 Å². The topological polar surface area (TPSA) is 134 Å². The molecule has 0 aliphatic carbocycles. The summed E-state index contributed by atoms with van der Waals surface area (Å²) >= 11 is 10.8. The standard InChI is InChI=1S/C27H25ClN4O3S.C2H3ClO2/c28-24-7-5-20-6-8-26(17-23(20)15-24)36(34,35)32-13-11-31(12-14-32)27(33)21-3-1-19(2-4-21)22-9-10-30-25(16-22)18-29;3-1-2(4)5/h1-10,15-17H,11-14,18,29H2;1H2,(H,4,5). The van der Waals surface area contributed by atoms with E-state index < -0.39 is 16.0 Å². The zero-order chi connectivity index (χ0) is 29.6. The van der Waals surface area contributed by atoms with Crippen LogP contribution in [0.4, 0.5) is 0 Å². The van der Waals surface area contributed by atoms with Crippen LogP contribution in [-0.2, 0) is 21.4 Å². The van der Waals surface area contributed by atoms with Gasteiger partial charge in [-0.1, -0.05) is 35.9 Å². The number of hydrogen-bond donors (Lipinski definition) is 2. The molecule has 0 unspecified atom stereocenters. The maximum absolute atomic E-state index is 13.3. The van der Waals surface area contributed by atoms with Gasteiger partial charge < -0.3 is 15.7 Å². The van der Waals surface area contributed by atoms with Gasteiger partial charge in [0.15, 0.2) is 0 Å². The van der Waals surface area contributed by atoms with Gasteiger partial charge in [-0.05, 0) is 70.4 Å². The zero-order valence-electron chi connectivity index (χ0n) is 21.9. The van der Waals surface area contributed by atoms with Crippen molar-refractivity contribution >= 4 is 55.9 Å². The fourth-order valence-electron chi connectivity index (χ4n) is 4.39. The maximum Gasteiger partial charge on any atom is 0.318 e. The first-order valence-electron chi connectivity index (χ1n) is 12.6. The summed E-state index contributed by atoms with van der Waals surface area (Å²) in [5.74, 6) is -1.40. The number of aromatic nitrogens is 1.